The van der Waals surface area contributed by atoms with Crippen molar-refractivity contribution in [3.8, 4) is 0 Å². The highest BCUT2D eigenvalue weighted by molar-refractivity contribution is 7.85. The van der Waals surface area contributed by atoms with Crippen LogP contribution < -0.4 is 16.0 Å². The number of hydrogen-bond donors (Lipinski definition) is 3. The average Bonchev–Trinajstić information content (AvgIpc) is 2.65. The van der Waals surface area contributed by atoms with Gasteiger partial charge in [-0.15, -0.1) is 0 Å². The van der Waals surface area contributed by atoms with Gasteiger partial charge in [0.15, 0.2) is 5.96 Å². The molecule has 1 amide bonds. The largest absolute Gasteiger partial charge is 0.354 e. The third-order valence-corrected chi connectivity index (χ3v) is 6.97. The highest BCUT2D eigenvalue weighted by atomic mass is 32.2. The van der Waals surface area contributed by atoms with Crippen LogP contribution in [0.4, 0.5) is 0 Å². The van der Waals surface area contributed by atoms with E-state index in [1.807, 2.05) is 6.92 Å². The summed E-state index contributed by atoms with van der Waals surface area (Å²) in [4.78, 5) is 16.3. The Morgan fingerprint density at radius 3 is 2.44 bits per heavy atom. The SMILES string of the molecule is CCS(=O)C1CCCC(NC(=NC)NCC(=O)NC2CCCCC2)C1. The Bertz CT molecular complexity index is 478. The lowest BCUT2D eigenvalue weighted by atomic mass is 9.95. The van der Waals surface area contributed by atoms with Gasteiger partial charge in [-0.3, -0.25) is 14.0 Å². The van der Waals surface area contributed by atoms with Crippen molar-refractivity contribution in [2.45, 2.75) is 82.0 Å². The number of rotatable bonds is 6. The van der Waals surface area contributed by atoms with Gasteiger partial charge in [-0.1, -0.05) is 32.6 Å². The predicted octanol–water partition coefficient (Wildman–Crippen LogP) is 1.68. The molecule has 0 saturated heterocycles. The van der Waals surface area contributed by atoms with E-state index in [4.69, 9.17) is 0 Å². The number of hydrogen-bond acceptors (Lipinski definition) is 3. The van der Waals surface area contributed by atoms with Crippen LogP contribution in [0.2, 0.25) is 0 Å². The fraction of sp³-hybridized carbons (Fsp3) is 0.889. The molecule has 0 aliphatic heterocycles. The summed E-state index contributed by atoms with van der Waals surface area (Å²) in [6.07, 6.45) is 10.0. The minimum atomic E-state index is -0.731. The molecule has 6 nitrogen and oxygen atoms in total. The van der Waals surface area contributed by atoms with E-state index in [9.17, 15) is 9.00 Å². The summed E-state index contributed by atoms with van der Waals surface area (Å²) in [7, 11) is 0.990. The second-order valence-corrected chi connectivity index (χ2v) is 9.13. The van der Waals surface area contributed by atoms with Crippen LogP contribution in [0.25, 0.3) is 0 Å². The van der Waals surface area contributed by atoms with Crippen LogP contribution in [0.15, 0.2) is 4.99 Å². The zero-order valence-electron chi connectivity index (χ0n) is 15.7. The molecule has 2 fully saturated rings. The maximum atomic E-state index is 12.1. The van der Waals surface area contributed by atoms with Gasteiger partial charge >= 0.3 is 0 Å². The molecular formula is C18H34N4O2S. The van der Waals surface area contributed by atoms with Crippen molar-refractivity contribution in [3.05, 3.63) is 0 Å². The van der Waals surface area contributed by atoms with Crippen LogP contribution in [0.3, 0.4) is 0 Å². The third-order valence-electron chi connectivity index (χ3n) is 5.23. The number of amides is 1. The molecule has 3 N–H and O–H groups in total. The summed E-state index contributed by atoms with van der Waals surface area (Å²) in [5.41, 5.74) is 0. The zero-order valence-corrected chi connectivity index (χ0v) is 16.5. The Labute approximate surface area is 154 Å². The molecule has 144 valence electrons. The first kappa shape index (κ1) is 20.2. The molecule has 3 unspecified atom stereocenters. The van der Waals surface area contributed by atoms with Gasteiger partial charge in [-0.2, -0.15) is 0 Å². The molecule has 0 aromatic heterocycles. The molecular weight excluding hydrogens is 336 g/mol. The first-order valence-corrected chi connectivity index (χ1v) is 11.1. The number of nitrogens with one attached hydrogen (secondary N) is 3. The van der Waals surface area contributed by atoms with Crippen molar-refractivity contribution >= 4 is 22.7 Å². The van der Waals surface area contributed by atoms with Crippen molar-refractivity contribution in [2.24, 2.45) is 4.99 Å². The van der Waals surface area contributed by atoms with Crippen LogP contribution in [0.1, 0.15) is 64.7 Å². The monoisotopic (exact) mass is 370 g/mol. The van der Waals surface area contributed by atoms with Gasteiger partial charge in [0.05, 0.1) is 6.54 Å². The van der Waals surface area contributed by atoms with Crippen LogP contribution in [-0.4, -0.2) is 52.8 Å². The second kappa shape index (κ2) is 10.8. The molecule has 2 rings (SSSR count). The van der Waals surface area contributed by atoms with E-state index in [-0.39, 0.29) is 23.7 Å². The van der Waals surface area contributed by atoms with Crippen LogP contribution in [0.5, 0.6) is 0 Å². The minimum absolute atomic E-state index is 0.0310. The van der Waals surface area contributed by atoms with Crippen molar-refractivity contribution in [3.63, 3.8) is 0 Å². The van der Waals surface area contributed by atoms with Gasteiger partial charge in [0, 0.05) is 40.9 Å². The lowest BCUT2D eigenvalue weighted by Crippen LogP contribution is -2.50. The van der Waals surface area contributed by atoms with E-state index in [2.05, 4.69) is 20.9 Å². The summed E-state index contributed by atoms with van der Waals surface area (Å²) in [5.74, 6) is 1.42. The van der Waals surface area contributed by atoms with Crippen molar-refractivity contribution in [2.75, 3.05) is 19.3 Å². The summed E-state index contributed by atoms with van der Waals surface area (Å²) >= 11 is 0. The Morgan fingerprint density at radius 2 is 1.76 bits per heavy atom. The first-order chi connectivity index (χ1) is 12.1. The summed E-state index contributed by atoms with van der Waals surface area (Å²) < 4.78 is 12.1. The Balaban J connectivity index is 1.72. The van der Waals surface area contributed by atoms with E-state index >= 15 is 0 Å². The third kappa shape index (κ3) is 6.96. The average molecular weight is 371 g/mol. The fourth-order valence-corrected chi connectivity index (χ4v) is 5.18. The zero-order chi connectivity index (χ0) is 18.1. The molecule has 0 aromatic carbocycles. The number of nitrogens with zero attached hydrogens (tertiary/aromatic N) is 1. The maximum absolute atomic E-state index is 12.1. The Hall–Kier alpha value is -1.11. The van der Waals surface area contributed by atoms with Gasteiger partial charge in [-0.05, 0) is 32.1 Å². The topological polar surface area (TPSA) is 82.6 Å². The van der Waals surface area contributed by atoms with Crippen LogP contribution in [-0.2, 0) is 15.6 Å². The summed E-state index contributed by atoms with van der Waals surface area (Å²) in [6.45, 7) is 2.23. The molecule has 7 heteroatoms. The number of guanidine groups is 1. The van der Waals surface area contributed by atoms with E-state index in [0.29, 0.717) is 12.0 Å². The van der Waals surface area contributed by atoms with Gasteiger partial charge in [0.2, 0.25) is 5.91 Å². The van der Waals surface area contributed by atoms with Crippen molar-refractivity contribution < 1.29 is 9.00 Å². The van der Waals surface area contributed by atoms with Gasteiger partial charge in [-0.25, -0.2) is 0 Å². The normalized spacial score (nSPS) is 26.7. The maximum Gasteiger partial charge on any atom is 0.239 e. The highest BCUT2D eigenvalue weighted by Gasteiger charge is 2.26. The summed E-state index contributed by atoms with van der Waals surface area (Å²) in [5, 5.41) is 9.90. The molecule has 2 aliphatic rings. The summed E-state index contributed by atoms with van der Waals surface area (Å²) in [6, 6.07) is 0.614. The van der Waals surface area contributed by atoms with E-state index in [1.165, 1.54) is 19.3 Å². The Kier molecular flexibility index (Phi) is 8.72. The van der Waals surface area contributed by atoms with E-state index < -0.39 is 10.8 Å². The highest BCUT2D eigenvalue weighted by Crippen LogP contribution is 2.23. The number of carbonyl (C=O) groups excluding carboxylic acids is 1. The predicted molar refractivity (Wildman–Crippen MR) is 104 cm³/mol. The fourth-order valence-electron chi connectivity index (χ4n) is 3.83. The quantitative estimate of drug-likeness (QED) is 0.491. The lowest BCUT2D eigenvalue weighted by molar-refractivity contribution is -0.120. The molecule has 0 heterocycles. The lowest BCUT2D eigenvalue weighted by Gasteiger charge is -2.30. The Morgan fingerprint density at radius 1 is 1.04 bits per heavy atom. The van der Waals surface area contributed by atoms with Gasteiger partial charge in [0.25, 0.3) is 0 Å². The van der Waals surface area contributed by atoms with Gasteiger partial charge in [0.1, 0.15) is 0 Å². The molecule has 0 spiro atoms. The van der Waals surface area contributed by atoms with Crippen LogP contribution in [0, 0.1) is 0 Å². The molecule has 0 bridgehead atoms. The molecule has 25 heavy (non-hydrogen) atoms. The van der Waals surface area contributed by atoms with Gasteiger partial charge < -0.3 is 16.0 Å². The molecule has 2 saturated carbocycles. The van der Waals surface area contributed by atoms with Crippen molar-refractivity contribution in [1.82, 2.24) is 16.0 Å². The van der Waals surface area contributed by atoms with Crippen LogP contribution >= 0.6 is 0 Å². The molecule has 3 atom stereocenters. The standard InChI is InChI=1S/C18H34N4O2S/c1-3-25(24)16-11-7-10-15(12-16)22-18(19-2)20-13-17(23)21-14-8-5-4-6-9-14/h14-16H,3-13H2,1-2H3,(H,21,23)(H2,19,20,22). The minimum Gasteiger partial charge on any atom is -0.354 e. The van der Waals surface area contributed by atoms with E-state index in [1.54, 1.807) is 7.05 Å². The second-order valence-electron chi connectivity index (χ2n) is 7.13. The smallest absolute Gasteiger partial charge is 0.239 e. The molecule has 2 aliphatic carbocycles. The number of carbonyl (C=O) groups is 1. The van der Waals surface area contributed by atoms with Crippen molar-refractivity contribution in [1.29, 1.82) is 0 Å². The van der Waals surface area contributed by atoms with E-state index in [0.717, 1.165) is 44.3 Å². The first-order valence-electron chi connectivity index (χ1n) is 9.76. The molecule has 0 aromatic rings. The number of aliphatic imine (C=N–C) groups is 1. The molecule has 0 radical (unpaired) electrons.